The fraction of sp³-hybridized carbons (Fsp3) is 0.286. The number of rotatable bonds is 4. The first-order valence-corrected chi connectivity index (χ1v) is 6.24. The molecule has 0 N–H and O–H groups in total. The molecule has 1 aromatic heterocycles. The summed E-state index contributed by atoms with van der Waals surface area (Å²) in [7, 11) is 3.70. The Balaban J connectivity index is 2.51. The SMILES string of the molecule is CC(=O)/C(=C\N(C)C)c1nnnn1-c1ccc(C)cc1. The Labute approximate surface area is 117 Å². The van der Waals surface area contributed by atoms with E-state index in [-0.39, 0.29) is 5.78 Å². The monoisotopic (exact) mass is 271 g/mol. The van der Waals surface area contributed by atoms with Crippen LogP contribution in [0.25, 0.3) is 11.3 Å². The van der Waals surface area contributed by atoms with Crippen LogP contribution in [0.2, 0.25) is 0 Å². The van der Waals surface area contributed by atoms with Crippen molar-refractivity contribution in [2.24, 2.45) is 0 Å². The standard InChI is InChI=1S/C14H17N5O/c1-10-5-7-12(8-6-10)19-14(15-16-17-19)13(11(2)20)9-18(3)4/h5-9H,1-4H3/b13-9+. The van der Waals surface area contributed by atoms with Crippen molar-refractivity contribution in [3.63, 3.8) is 0 Å². The maximum absolute atomic E-state index is 11.8. The summed E-state index contributed by atoms with van der Waals surface area (Å²) in [4.78, 5) is 13.6. The third-order valence-electron chi connectivity index (χ3n) is 2.76. The number of hydrogen-bond acceptors (Lipinski definition) is 5. The van der Waals surface area contributed by atoms with Gasteiger partial charge in [0.2, 0.25) is 0 Å². The van der Waals surface area contributed by atoms with E-state index in [2.05, 4.69) is 15.5 Å². The number of aryl methyl sites for hydroxylation is 1. The van der Waals surface area contributed by atoms with Gasteiger partial charge in [0.1, 0.15) is 0 Å². The zero-order valence-electron chi connectivity index (χ0n) is 12.0. The van der Waals surface area contributed by atoms with Gasteiger partial charge in [0.05, 0.1) is 11.3 Å². The normalized spacial score (nSPS) is 11.5. The lowest BCUT2D eigenvalue weighted by molar-refractivity contribution is -0.111. The third-order valence-corrected chi connectivity index (χ3v) is 2.76. The van der Waals surface area contributed by atoms with Crippen LogP contribution in [0.15, 0.2) is 30.5 Å². The third kappa shape index (κ3) is 2.90. The van der Waals surface area contributed by atoms with Crippen LogP contribution in [0, 0.1) is 6.92 Å². The van der Waals surface area contributed by atoms with Crippen molar-refractivity contribution in [3.8, 4) is 5.69 Å². The lowest BCUT2D eigenvalue weighted by Gasteiger charge is -2.10. The Morgan fingerprint density at radius 3 is 2.45 bits per heavy atom. The number of carbonyl (C=O) groups excluding carboxylic acids is 1. The molecule has 0 saturated heterocycles. The van der Waals surface area contributed by atoms with Gasteiger partial charge in [-0.3, -0.25) is 4.79 Å². The molecule has 0 aliphatic heterocycles. The van der Waals surface area contributed by atoms with Gasteiger partial charge in [0.15, 0.2) is 11.6 Å². The van der Waals surface area contributed by atoms with Crippen LogP contribution in [-0.4, -0.2) is 45.0 Å². The molecule has 6 heteroatoms. The van der Waals surface area contributed by atoms with Crippen molar-refractivity contribution in [1.29, 1.82) is 0 Å². The molecule has 0 amide bonds. The zero-order chi connectivity index (χ0) is 14.7. The van der Waals surface area contributed by atoms with E-state index >= 15 is 0 Å². The quantitative estimate of drug-likeness (QED) is 0.788. The van der Waals surface area contributed by atoms with Crippen LogP contribution in [0.1, 0.15) is 18.3 Å². The van der Waals surface area contributed by atoms with E-state index in [9.17, 15) is 4.79 Å². The molecular formula is C14H17N5O. The fourth-order valence-corrected chi connectivity index (χ4v) is 1.78. The van der Waals surface area contributed by atoms with Crippen LogP contribution >= 0.6 is 0 Å². The van der Waals surface area contributed by atoms with E-state index in [1.807, 2.05) is 45.3 Å². The van der Waals surface area contributed by atoms with E-state index in [1.165, 1.54) is 6.92 Å². The number of ketones is 1. The van der Waals surface area contributed by atoms with Crippen molar-refractivity contribution < 1.29 is 4.79 Å². The second-order valence-corrected chi connectivity index (χ2v) is 4.81. The van der Waals surface area contributed by atoms with Gasteiger partial charge >= 0.3 is 0 Å². The smallest absolute Gasteiger partial charge is 0.192 e. The largest absolute Gasteiger partial charge is 0.383 e. The topological polar surface area (TPSA) is 63.9 Å². The first-order valence-electron chi connectivity index (χ1n) is 6.24. The minimum absolute atomic E-state index is 0.0816. The van der Waals surface area contributed by atoms with Gasteiger partial charge < -0.3 is 4.90 Å². The molecule has 0 aliphatic rings. The van der Waals surface area contributed by atoms with Gasteiger partial charge in [-0.05, 0) is 36.4 Å². The van der Waals surface area contributed by atoms with E-state index in [0.29, 0.717) is 11.4 Å². The molecule has 0 radical (unpaired) electrons. The van der Waals surface area contributed by atoms with Gasteiger partial charge in [-0.1, -0.05) is 17.7 Å². The number of Topliss-reactive ketones (excluding diaryl/α,β-unsaturated/α-hetero) is 1. The van der Waals surface area contributed by atoms with Crippen molar-refractivity contribution >= 4 is 11.4 Å². The first kappa shape index (κ1) is 13.9. The molecule has 1 heterocycles. The molecule has 0 spiro atoms. The summed E-state index contributed by atoms with van der Waals surface area (Å²) in [5.41, 5.74) is 2.45. The van der Waals surface area contributed by atoms with Crippen molar-refractivity contribution in [1.82, 2.24) is 25.1 Å². The number of nitrogens with zero attached hydrogens (tertiary/aromatic N) is 5. The number of hydrogen-bond donors (Lipinski definition) is 0. The second-order valence-electron chi connectivity index (χ2n) is 4.81. The summed E-state index contributed by atoms with van der Waals surface area (Å²) in [6, 6.07) is 7.79. The maximum atomic E-state index is 11.8. The van der Waals surface area contributed by atoms with Crippen LogP contribution in [0.5, 0.6) is 0 Å². The highest BCUT2D eigenvalue weighted by molar-refractivity contribution is 6.18. The van der Waals surface area contributed by atoms with Crippen LogP contribution in [-0.2, 0) is 4.79 Å². The van der Waals surface area contributed by atoms with Crippen LogP contribution < -0.4 is 0 Å². The fourth-order valence-electron chi connectivity index (χ4n) is 1.78. The predicted octanol–water partition coefficient (Wildman–Crippen LogP) is 1.46. The molecule has 0 bridgehead atoms. The summed E-state index contributed by atoms with van der Waals surface area (Å²) in [6.45, 7) is 3.51. The molecule has 0 fully saturated rings. The molecule has 0 aliphatic carbocycles. The summed E-state index contributed by atoms with van der Waals surface area (Å²) < 4.78 is 1.57. The Morgan fingerprint density at radius 1 is 1.25 bits per heavy atom. The molecule has 0 atom stereocenters. The van der Waals surface area contributed by atoms with Crippen molar-refractivity contribution in [3.05, 3.63) is 41.9 Å². The highest BCUT2D eigenvalue weighted by Crippen LogP contribution is 2.17. The molecule has 104 valence electrons. The van der Waals surface area contributed by atoms with Crippen LogP contribution in [0.3, 0.4) is 0 Å². The van der Waals surface area contributed by atoms with E-state index < -0.39 is 0 Å². The number of tetrazole rings is 1. The van der Waals surface area contributed by atoms with E-state index in [1.54, 1.807) is 15.8 Å². The molecule has 20 heavy (non-hydrogen) atoms. The first-order chi connectivity index (χ1) is 9.49. The van der Waals surface area contributed by atoms with Gasteiger partial charge in [0.25, 0.3) is 0 Å². The zero-order valence-corrected chi connectivity index (χ0v) is 12.0. The van der Waals surface area contributed by atoms with Crippen molar-refractivity contribution in [2.45, 2.75) is 13.8 Å². The number of allylic oxidation sites excluding steroid dienone is 1. The predicted molar refractivity (Wildman–Crippen MR) is 76.2 cm³/mol. The number of carbonyl (C=O) groups is 1. The number of benzene rings is 1. The highest BCUT2D eigenvalue weighted by atomic mass is 16.1. The summed E-state index contributed by atoms with van der Waals surface area (Å²) in [6.07, 6.45) is 1.72. The molecule has 0 unspecified atom stereocenters. The minimum atomic E-state index is -0.0816. The van der Waals surface area contributed by atoms with Gasteiger partial charge in [-0.25, -0.2) is 0 Å². The molecule has 2 aromatic rings. The number of aromatic nitrogens is 4. The summed E-state index contributed by atoms with van der Waals surface area (Å²) >= 11 is 0. The maximum Gasteiger partial charge on any atom is 0.192 e. The Kier molecular flexibility index (Phi) is 3.93. The molecule has 2 rings (SSSR count). The van der Waals surface area contributed by atoms with Gasteiger partial charge in [0, 0.05) is 20.3 Å². The Hall–Kier alpha value is -2.50. The average Bonchev–Trinajstić information content (AvgIpc) is 2.85. The molecular weight excluding hydrogens is 254 g/mol. The van der Waals surface area contributed by atoms with E-state index in [4.69, 9.17) is 0 Å². The molecule has 1 aromatic carbocycles. The molecule has 0 saturated carbocycles. The van der Waals surface area contributed by atoms with Gasteiger partial charge in [-0.15, -0.1) is 5.10 Å². The second kappa shape index (κ2) is 5.64. The van der Waals surface area contributed by atoms with Crippen molar-refractivity contribution in [2.75, 3.05) is 14.1 Å². The van der Waals surface area contributed by atoms with Crippen LogP contribution in [0.4, 0.5) is 0 Å². The Morgan fingerprint density at radius 2 is 1.90 bits per heavy atom. The van der Waals surface area contributed by atoms with E-state index in [0.717, 1.165) is 11.3 Å². The summed E-state index contributed by atoms with van der Waals surface area (Å²) in [5, 5.41) is 11.6. The lowest BCUT2D eigenvalue weighted by atomic mass is 10.1. The highest BCUT2D eigenvalue weighted by Gasteiger charge is 2.17. The Bertz CT molecular complexity index is 640. The lowest BCUT2D eigenvalue weighted by Crippen LogP contribution is -2.11. The average molecular weight is 271 g/mol. The minimum Gasteiger partial charge on any atom is -0.383 e. The molecule has 6 nitrogen and oxygen atoms in total. The summed E-state index contributed by atoms with van der Waals surface area (Å²) in [5.74, 6) is 0.358. The van der Waals surface area contributed by atoms with Gasteiger partial charge in [-0.2, -0.15) is 4.68 Å².